The van der Waals surface area contributed by atoms with E-state index in [9.17, 15) is 0 Å². The summed E-state index contributed by atoms with van der Waals surface area (Å²) in [6.07, 6.45) is 3.41. The van der Waals surface area contributed by atoms with Gasteiger partial charge in [-0.2, -0.15) is 4.98 Å². The highest BCUT2D eigenvalue weighted by Crippen LogP contribution is 2.38. The molecule has 0 spiro atoms. The molecule has 2 rings (SSSR count). The first-order chi connectivity index (χ1) is 6.35. The number of nitrogens with zero attached hydrogens (tertiary/aromatic N) is 2. The third kappa shape index (κ3) is 1.72. The molecular weight excluding hydrogens is 166 g/mol. The fraction of sp³-hybridized carbons (Fsp3) is 0.778. The monoisotopic (exact) mass is 181 g/mol. The van der Waals surface area contributed by atoms with Gasteiger partial charge in [0.15, 0.2) is 5.82 Å². The van der Waals surface area contributed by atoms with Crippen LogP contribution in [0.1, 0.15) is 49.9 Å². The lowest BCUT2D eigenvalue weighted by molar-refractivity contribution is 0.331. The van der Waals surface area contributed by atoms with Crippen molar-refractivity contribution in [3.05, 3.63) is 11.7 Å². The van der Waals surface area contributed by atoms with Crippen LogP contribution in [0, 0.1) is 0 Å². The maximum absolute atomic E-state index is 5.19. The molecule has 0 amide bonds. The lowest BCUT2D eigenvalue weighted by atomic mass is 10.2. The Hall–Kier alpha value is -0.900. The standard InChI is InChI=1S/C9H15N3O/c1-3-7(10-2)9-11-8(12-13-9)6-4-5-6/h6-7,10H,3-5H2,1-2H3/t7-/m0/s1. The van der Waals surface area contributed by atoms with Crippen LogP contribution in [0.15, 0.2) is 4.52 Å². The third-order valence-electron chi connectivity index (χ3n) is 2.45. The van der Waals surface area contributed by atoms with Crippen molar-refractivity contribution >= 4 is 0 Å². The van der Waals surface area contributed by atoms with Crippen LogP contribution >= 0.6 is 0 Å². The highest BCUT2D eigenvalue weighted by atomic mass is 16.5. The van der Waals surface area contributed by atoms with E-state index in [1.807, 2.05) is 7.05 Å². The molecular formula is C9H15N3O. The van der Waals surface area contributed by atoms with Crippen LogP contribution in [0.25, 0.3) is 0 Å². The molecule has 1 atom stereocenters. The summed E-state index contributed by atoms with van der Waals surface area (Å²) in [4.78, 5) is 4.37. The van der Waals surface area contributed by atoms with Crippen molar-refractivity contribution in [1.29, 1.82) is 0 Å². The highest BCUT2D eigenvalue weighted by molar-refractivity contribution is 5.04. The summed E-state index contributed by atoms with van der Waals surface area (Å²) in [5.41, 5.74) is 0. The Labute approximate surface area is 77.7 Å². The summed E-state index contributed by atoms with van der Waals surface area (Å²) in [5, 5.41) is 7.11. The maximum Gasteiger partial charge on any atom is 0.243 e. The minimum atomic E-state index is 0.208. The van der Waals surface area contributed by atoms with Gasteiger partial charge in [0.05, 0.1) is 6.04 Å². The fourth-order valence-corrected chi connectivity index (χ4v) is 1.40. The second kappa shape index (κ2) is 3.46. The molecule has 1 aliphatic carbocycles. The molecule has 0 aliphatic heterocycles. The largest absolute Gasteiger partial charge is 0.338 e. The van der Waals surface area contributed by atoms with Gasteiger partial charge in [-0.1, -0.05) is 12.1 Å². The van der Waals surface area contributed by atoms with Gasteiger partial charge in [-0.3, -0.25) is 0 Å². The van der Waals surface area contributed by atoms with Gasteiger partial charge < -0.3 is 9.84 Å². The number of hydrogen-bond donors (Lipinski definition) is 1. The number of rotatable bonds is 4. The Morgan fingerprint density at radius 1 is 1.62 bits per heavy atom. The minimum Gasteiger partial charge on any atom is -0.338 e. The first-order valence-corrected chi connectivity index (χ1v) is 4.86. The summed E-state index contributed by atoms with van der Waals surface area (Å²) in [7, 11) is 1.91. The van der Waals surface area contributed by atoms with Crippen LogP contribution in [0.3, 0.4) is 0 Å². The van der Waals surface area contributed by atoms with Crippen LogP contribution < -0.4 is 5.32 Å². The van der Waals surface area contributed by atoms with Crippen LogP contribution in [0.4, 0.5) is 0 Å². The molecule has 1 aromatic rings. The van der Waals surface area contributed by atoms with Gasteiger partial charge >= 0.3 is 0 Å². The predicted octanol–water partition coefficient (Wildman–Crippen LogP) is 1.62. The van der Waals surface area contributed by atoms with Crippen LogP contribution in [0.5, 0.6) is 0 Å². The van der Waals surface area contributed by atoms with Crippen molar-refractivity contribution in [1.82, 2.24) is 15.5 Å². The molecule has 1 saturated carbocycles. The lowest BCUT2D eigenvalue weighted by Gasteiger charge is -2.06. The summed E-state index contributed by atoms with van der Waals surface area (Å²) in [6.45, 7) is 2.10. The quantitative estimate of drug-likeness (QED) is 0.766. The molecule has 1 N–H and O–H groups in total. The summed E-state index contributed by atoms with van der Waals surface area (Å²) in [6, 6.07) is 0.208. The average molecular weight is 181 g/mol. The Kier molecular flexibility index (Phi) is 2.31. The fourth-order valence-electron chi connectivity index (χ4n) is 1.40. The zero-order chi connectivity index (χ0) is 9.26. The molecule has 4 nitrogen and oxygen atoms in total. The van der Waals surface area contributed by atoms with Crippen molar-refractivity contribution in [3.63, 3.8) is 0 Å². The zero-order valence-corrected chi connectivity index (χ0v) is 8.08. The van der Waals surface area contributed by atoms with Gasteiger partial charge in [-0.25, -0.2) is 0 Å². The van der Waals surface area contributed by atoms with Crippen LogP contribution in [-0.4, -0.2) is 17.2 Å². The molecule has 13 heavy (non-hydrogen) atoms. The summed E-state index contributed by atoms with van der Waals surface area (Å²) < 4.78 is 5.19. The summed E-state index contributed by atoms with van der Waals surface area (Å²) in [5.74, 6) is 2.20. The predicted molar refractivity (Wildman–Crippen MR) is 48.4 cm³/mol. The molecule has 1 fully saturated rings. The molecule has 1 heterocycles. The minimum absolute atomic E-state index is 0.208. The molecule has 0 radical (unpaired) electrons. The third-order valence-corrected chi connectivity index (χ3v) is 2.45. The van der Waals surface area contributed by atoms with Gasteiger partial charge in [-0.05, 0) is 26.3 Å². The van der Waals surface area contributed by atoms with Crippen LogP contribution in [0.2, 0.25) is 0 Å². The van der Waals surface area contributed by atoms with Crippen molar-refractivity contribution in [3.8, 4) is 0 Å². The van der Waals surface area contributed by atoms with Gasteiger partial charge in [0.1, 0.15) is 0 Å². The smallest absolute Gasteiger partial charge is 0.243 e. The lowest BCUT2D eigenvalue weighted by Crippen LogP contribution is -2.15. The number of nitrogens with one attached hydrogen (secondary N) is 1. The Morgan fingerprint density at radius 3 is 2.92 bits per heavy atom. The molecule has 0 unspecified atom stereocenters. The van der Waals surface area contributed by atoms with Gasteiger partial charge in [0, 0.05) is 5.92 Å². The molecule has 0 aromatic carbocycles. The van der Waals surface area contributed by atoms with E-state index in [1.54, 1.807) is 0 Å². The average Bonchev–Trinajstić information content (AvgIpc) is 2.89. The second-order valence-electron chi connectivity index (χ2n) is 3.51. The van der Waals surface area contributed by atoms with Gasteiger partial charge in [-0.15, -0.1) is 0 Å². The number of hydrogen-bond acceptors (Lipinski definition) is 4. The van der Waals surface area contributed by atoms with Crippen molar-refractivity contribution in [2.24, 2.45) is 0 Å². The van der Waals surface area contributed by atoms with Gasteiger partial charge in [0.25, 0.3) is 0 Å². The van der Waals surface area contributed by atoms with E-state index in [0.717, 1.165) is 18.1 Å². The van der Waals surface area contributed by atoms with Crippen molar-refractivity contribution < 1.29 is 4.52 Å². The topological polar surface area (TPSA) is 51.0 Å². The Balaban J connectivity index is 2.10. The molecule has 0 saturated heterocycles. The first kappa shape index (κ1) is 8.69. The molecule has 0 bridgehead atoms. The molecule has 1 aliphatic rings. The van der Waals surface area contributed by atoms with Crippen molar-refractivity contribution in [2.45, 2.75) is 38.1 Å². The SMILES string of the molecule is CC[C@H](NC)c1nc(C2CC2)no1. The van der Waals surface area contributed by atoms with E-state index in [4.69, 9.17) is 4.52 Å². The second-order valence-corrected chi connectivity index (χ2v) is 3.51. The van der Waals surface area contributed by atoms with E-state index >= 15 is 0 Å². The van der Waals surface area contributed by atoms with Crippen molar-refractivity contribution in [2.75, 3.05) is 7.05 Å². The van der Waals surface area contributed by atoms with E-state index in [0.29, 0.717) is 5.92 Å². The zero-order valence-electron chi connectivity index (χ0n) is 8.08. The van der Waals surface area contributed by atoms with E-state index in [-0.39, 0.29) is 6.04 Å². The Bertz CT molecular complexity index is 276. The van der Waals surface area contributed by atoms with E-state index in [1.165, 1.54) is 12.8 Å². The van der Waals surface area contributed by atoms with E-state index in [2.05, 4.69) is 22.4 Å². The number of aromatic nitrogens is 2. The molecule has 1 aromatic heterocycles. The maximum atomic E-state index is 5.19. The van der Waals surface area contributed by atoms with Crippen LogP contribution in [-0.2, 0) is 0 Å². The highest BCUT2D eigenvalue weighted by Gasteiger charge is 2.29. The normalized spacial score (nSPS) is 18.9. The molecule has 72 valence electrons. The summed E-state index contributed by atoms with van der Waals surface area (Å²) >= 11 is 0. The first-order valence-electron chi connectivity index (χ1n) is 4.86. The Morgan fingerprint density at radius 2 is 2.38 bits per heavy atom. The van der Waals surface area contributed by atoms with E-state index < -0.39 is 0 Å². The van der Waals surface area contributed by atoms with Gasteiger partial charge in [0.2, 0.25) is 5.89 Å². The molecule has 4 heteroatoms.